The van der Waals surface area contributed by atoms with Crippen molar-refractivity contribution in [3.63, 3.8) is 0 Å². The molecular weight excluding hydrogens is 384 g/mol. The summed E-state index contributed by atoms with van der Waals surface area (Å²) in [4.78, 5) is 16.8. The van der Waals surface area contributed by atoms with E-state index in [9.17, 15) is 10.1 Å². The number of piperazine rings is 1. The van der Waals surface area contributed by atoms with Gasteiger partial charge in [0, 0.05) is 49.6 Å². The Bertz CT molecular complexity index is 938. The number of nitrogens with one attached hydrogen (secondary N) is 1. The molecule has 0 radical (unpaired) electrons. The molecule has 0 atom stereocenters. The van der Waals surface area contributed by atoms with Crippen molar-refractivity contribution in [1.82, 2.24) is 10.2 Å². The van der Waals surface area contributed by atoms with Gasteiger partial charge in [-0.1, -0.05) is 35.9 Å². The van der Waals surface area contributed by atoms with Crippen LogP contribution in [0, 0.1) is 25.2 Å². The van der Waals surface area contributed by atoms with Crippen LogP contribution in [0.15, 0.2) is 54.2 Å². The molecule has 2 aromatic carbocycles. The lowest BCUT2D eigenvalue weighted by Gasteiger charge is -2.36. The third kappa shape index (κ3) is 5.30. The van der Waals surface area contributed by atoms with Crippen molar-refractivity contribution < 1.29 is 4.79 Å². The number of nitriles is 1. The first-order chi connectivity index (χ1) is 14.0. The van der Waals surface area contributed by atoms with Crippen LogP contribution in [-0.4, -0.2) is 37.0 Å². The zero-order valence-electron chi connectivity index (χ0n) is 16.8. The van der Waals surface area contributed by atoms with Crippen LogP contribution in [0.3, 0.4) is 0 Å². The zero-order valence-corrected chi connectivity index (χ0v) is 17.5. The summed E-state index contributed by atoms with van der Waals surface area (Å²) in [5.41, 5.74) is 4.90. The van der Waals surface area contributed by atoms with E-state index in [4.69, 9.17) is 11.6 Å². The molecule has 150 valence electrons. The van der Waals surface area contributed by atoms with Gasteiger partial charge >= 0.3 is 0 Å². The molecule has 0 bridgehead atoms. The minimum atomic E-state index is -0.362. The second-order valence-corrected chi connectivity index (χ2v) is 7.64. The Morgan fingerprint density at radius 1 is 1.14 bits per heavy atom. The molecule has 1 amide bonds. The van der Waals surface area contributed by atoms with Gasteiger partial charge in [-0.25, -0.2) is 0 Å². The summed E-state index contributed by atoms with van der Waals surface area (Å²) < 4.78 is 0. The van der Waals surface area contributed by atoms with Crippen LogP contribution >= 0.6 is 11.6 Å². The standard InChI is InChI=1S/C23H25ClN4O/c1-17-4-3-5-22(18(17)2)28-12-10-27(11-13-28)16-20(14-25)23(29)26-15-19-6-8-21(24)9-7-19/h3-9,16H,10-13,15H2,1-2H3,(H,26,29)/b20-16-. The molecule has 3 rings (SSSR count). The topological polar surface area (TPSA) is 59.4 Å². The molecule has 0 unspecified atom stereocenters. The fraction of sp³-hybridized carbons (Fsp3) is 0.304. The van der Waals surface area contributed by atoms with E-state index in [1.807, 2.05) is 23.1 Å². The summed E-state index contributed by atoms with van der Waals surface area (Å²) in [5, 5.41) is 12.9. The first-order valence-electron chi connectivity index (χ1n) is 9.67. The summed E-state index contributed by atoms with van der Waals surface area (Å²) in [6.07, 6.45) is 1.68. The minimum absolute atomic E-state index is 0.124. The molecule has 0 spiro atoms. The molecule has 29 heavy (non-hydrogen) atoms. The summed E-state index contributed by atoms with van der Waals surface area (Å²) in [6, 6.07) is 15.6. The number of halogens is 1. The highest BCUT2D eigenvalue weighted by Crippen LogP contribution is 2.24. The van der Waals surface area contributed by atoms with Gasteiger partial charge in [0.1, 0.15) is 11.6 Å². The van der Waals surface area contributed by atoms with Crippen molar-refractivity contribution in [1.29, 1.82) is 5.26 Å². The zero-order chi connectivity index (χ0) is 20.8. The molecule has 1 saturated heterocycles. The third-order valence-electron chi connectivity index (χ3n) is 5.27. The van der Waals surface area contributed by atoms with Crippen molar-refractivity contribution in [2.45, 2.75) is 20.4 Å². The fourth-order valence-electron chi connectivity index (χ4n) is 3.37. The van der Waals surface area contributed by atoms with Gasteiger partial charge in [-0.15, -0.1) is 0 Å². The van der Waals surface area contributed by atoms with Crippen molar-refractivity contribution in [3.8, 4) is 6.07 Å². The number of carbonyl (C=O) groups is 1. The van der Waals surface area contributed by atoms with Crippen molar-refractivity contribution in [2.24, 2.45) is 0 Å². The van der Waals surface area contributed by atoms with Gasteiger partial charge in [0.15, 0.2) is 0 Å². The van der Waals surface area contributed by atoms with E-state index in [-0.39, 0.29) is 11.5 Å². The van der Waals surface area contributed by atoms with Gasteiger partial charge in [0.2, 0.25) is 0 Å². The predicted octanol–water partition coefficient (Wildman–Crippen LogP) is 3.80. The summed E-state index contributed by atoms with van der Waals surface area (Å²) >= 11 is 5.87. The number of amides is 1. The van der Waals surface area contributed by atoms with E-state index < -0.39 is 0 Å². The number of carbonyl (C=O) groups excluding carboxylic acids is 1. The van der Waals surface area contributed by atoms with Crippen molar-refractivity contribution in [2.75, 3.05) is 31.1 Å². The number of anilines is 1. The highest BCUT2D eigenvalue weighted by molar-refractivity contribution is 6.30. The minimum Gasteiger partial charge on any atom is -0.373 e. The van der Waals surface area contributed by atoms with Crippen LogP contribution < -0.4 is 10.2 Å². The van der Waals surface area contributed by atoms with Crippen LogP contribution in [0.5, 0.6) is 0 Å². The molecule has 0 saturated carbocycles. The second-order valence-electron chi connectivity index (χ2n) is 7.21. The number of aryl methyl sites for hydroxylation is 1. The Morgan fingerprint density at radius 2 is 1.83 bits per heavy atom. The molecule has 1 N–H and O–H groups in total. The molecule has 0 aromatic heterocycles. The number of rotatable bonds is 5. The van der Waals surface area contributed by atoms with E-state index in [2.05, 4.69) is 42.3 Å². The molecule has 1 aliphatic rings. The van der Waals surface area contributed by atoms with E-state index >= 15 is 0 Å². The smallest absolute Gasteiger partial charge is 0.263 e. The molecule has 0 aliphatic carbocycles. The van der Waals surface area contributed by atoms with Crippen LogP contribution in [0.1, 0.15) is 16.7 Å². The summed E-state index contributed by atoms with van der Waals surface area (Å²) in [5.74, 6) is -0.362. The average Bonchev–Trinajstić information content (AvgIpc) is 2.74. The van der Waals surface area contributed by atoms with Gasteiger partial charge in [0.05, 0.1) is 0 Å². The van der Waals surface area contributed by atoms with Gasteiger partial charge in [-0.2, -0.15) is 5.26 Å². The maximum Gasteiger partial charge on any atom is 0.263 e. The lowest BCUT2D eigenvalue weighted by atomic mass is 10.1. The Kier molecular flexibility index (Phi) is 6.79. The van der Waals surface area contributed by atoms with Crippen molar-refractivity contribution >= 4 is 23.2 Å². The monoisotopic (exact) mass is 408 g/mol. The number of hydrogen-bond acceptors (Lipinski definition) is 4. The first-order valence-corrected chi connectivity index (χ1v) is 10.1. The maximum absolute atomic E-state index is 12.4. The van der Waals surface area contributed by atoms with Crippen LogP contribution in [-0.2, 0) is 11.3 Å². The van der Waals surface area contributed by atoms with Crippen LogP contribution in [0.25, 0.3) is 0 Å². The van der Waals surface area contributed by atoms with Gasteiger partial charge in [0.25, 0.3) is 5.91 Å². The Morgan fingerprint density at radius 3 is 2.48 bits per heavy atom. The van der Waals surface area contributed by atoms with E-state index in [0.717, 1.165) is 31.7 Å². The lowest BCUT2D eigenvalue weighted by Crippen LogP contribution is -2.44. The molecule has 1 heterocycles. The molecule has 1 fully saturated rings. The third-order valence-corrected chi connectivity index (χ3v) is 5.53. The Hall–Kier alpha value is -2.97. The van der Waals surface area contributed by atoms with Crippen molar-refractivity contribution in [3.05, 3.63) is 76.0 Å². The highest BCUT2D eigenvalue weighted by Gasteiger charge is 2.19. The molecule has 5 nitrogen and oxygen atoms in total. The number of hydrogen-bond donors (Lipinski definition) is 1. The molecular formula is C23H25ClN4O. The highest BCUT2D eigenvalue weighted by atomic mass is 35.5. The lowest BCUT2D eigenvalue weighted by molar-refractivity contribution is -0.117. The first kappa shape index (κ1) is 20.8. The fourth-order valence-corrected chi connectivity index (χ4v) is 3.50. The largest absolute Gasteiger partial charge is 0.373 e. The summed E-state index contributed by atoms with van der Waals surface area (Å²) in [7, 11) is 0. The van der Waals surface area contributed by atoms with E-state index in [1.165, 1.54) is 16.8 Å². The number of nitrogens with zero attached hydrogens (tertiary/aromatic N) is 3. The quantitative estimate of drug-likeness (QED) is 0.603. The second kappa shape index (κ2) is 9.49. The maximum atomic E-state index is 12.4. The molecule has 1 aliphatic heterocycles. The average molecular weight is 409 g/mol. The normalized spacial score (nSPS) is 14.5. The Labute approximate surface area is 177 Å². The molecule has 2 aromatic rings. The van der Waals surface area contributed by atoms with E-state index in [0.29, 0.717) is 11.6 Å². The van der Waals surface area contributed by atoms with Gasteiger partial charge < -0.3 is 15.1 Å². The number of benzene rings is 2. The van der Waals surface area contributed by atoms with E-state index in [1.54, 1.807) is 18.3 Å². The summed E-state index contributed by atoms with van der Waals surface area (Å²) in [6.45, 7) is 7.87. The molecule has 6 heteroatoms. The van der Waals surface area contributed by atoms with Gasteiger partial charge in [-0.05, 0) is 48.7 Å². The Balaban J connectivity index is 1.57. The van der Waals surface area contributed by atoms with Crippen LogP contribution in [0.2, 0.25) is 5.02 Å². The van der Waals surface area contributed by atoms with Crippen LogP contribution in [0.4, 0.5) is 5.69 Å². The van der Waals surface area contributed by atoms with Gasteiger partial charge in [-0.3, -0.25) is 4.79 Å². The predicted molar refractivity (Wildman–Crippen MR) is 117 cm³/mol. The SMILES string of the molecule is Cc1cccc(N2CCN(/C=C(/C#N)C(=O)NCc3ccc(Cl)cc3)CC2)c1C.